The first-order valence-corrected chi connectivity index (χ1v) is 32.6. The van der Waals surface area contributed by atoms with E-state index in [1.54, 1.807) is 14.2 Å². The van der Waals surface area contributed by atoms with Crippen molar-refractivity contribution in [3.63, 3.8) is 0 Å². The van der Waals surface area contributed by atoms with E-state index in [9.17, 15) is 0 Å². The largest absolute Gasteiger partial charge is 0.377 e. The Morgan fingerprint density at radius 2 is 0.613 bits per heavy atom. The molecule has 93 heavy (non-hydrogen) atoms. The minimum atomic E-state index is -0.0539. The maximum atomic E-state index is 5.53. The van der Waals surface area contributed by atoms with Crippen molar-refractivity contribution in [2.75, 3.05) is 14.2 Å². The molecule has 2 unspecified atom stereocenters. The molecule has 0 aliphatic heterocycles. The maximum absolute atomic E-state index is 5.53. The maximum Gasteiger partial charge on any atom is 0.289 e. The number of pyridine rings is 6. The van der Waals surface area contributed by atoms with Crippen LogP contribution in [0.5, 0.6) is 0 Å². The van der Waals surface area contributed by atoms with E-state index >= 15 is 0 Å². The molecule has 11 aromatic rings. The van der Waals surface area contributed by atoms with Crippen LogP contribution in [0.4, 0.5) is 0 Å². The van der Waals surface area contributed by atoms with E-state index in [4.69, 9.17) is 9.47 Å². The number of ether oxygens (including phenoxy) is 2. The van der Waals surface area contributed by atoms with Crippen molar-refractivity contribution in [2.45, 2.75) is 130 Å². The quantitative estimate of drug-likeness (QED) is 0.149. The first kappa shape index (κ1) is 81.9. The molecule has 5 aromatic carbocycles. The van der Waals surface area contributed by atoms with Gasteiger partial charge in [-0.05, 0) is 129 Å². The molecule has 0 fully saturated rings. The van der Waals surface area contributed by atoms with Crippen LogP contribution in [-0.4, -0.2) is 14.2 Å². The fourth-order valence-corrected chi connectivity index (χ4v) is 8.08. The van der Waals surface area contributed by atoms with Gasteiger partial charge in [-0.15, -0.1) is 0 Å². The van der Waals surface area contributed by atoms with Crippen LogP contribution < -0.4 is 27.4 Å². The molecule has 2 atom stereocenters. The number of rotatable bonds is 7. The van der Waals surface area contributed by atoms with E-state index in [1.807, 2.05) is 196 Å². The van der Waals surface area contributed by atoms with Gasteiger partial charge in [0.05, 0.1) is 6.10 Å². The summed E-state index contributed by atoms with van der Waals surface area (Å²) in [5, 5.41) is 0. The van der Waals surface area contributed by atoms with Crippen LogP contribution in [0.2, 0.25) is 0 Å². The van der Waals surface area contributed by atoms with Crippen LogP contribution in [0.15, 0.2) is 281 Å². The lowest BCUT2D eigenvalue weighted by molar-refractivity contribution is -0.750. The van der Waals surface area contributed by atoms with Crippen molar-refractivity contribution in [3.05, 3.63) is 353 Å². The molecule has 0 N–H and O–H groups in total. The van der Waals surface area contributed by atoms with E-state index < -0.39 is 0 Å². The second-order valence-electron chi connectivity index (χ2n) is 22.4. The van der Waals surface area contributed by atoms with Crippen LogP contribution in [0, 0.1) is 69.2 Å². The van der Waals surface area contributed by atoms with Crippen LogP contribution >= 0.6 is 0 Å². The van der Waals surface area contributed by atoms with Crippen LogP contribution in [0.3, 0.4) is 0 Å². The van der Waals surface area contributed by atoms with Gasteiger partial charge < -0.3 is 9.47 Å². The molecule has 0 saturated heterocycles. The molecule has 6 heterocycles. The number of hydrogen-bond acceptors (Lipinski definition) is 2. The zero-order chi connectivity index (χ0) is 69.3. The van der Waals surface area contributed by atoms with Gasteiger partial charge in [0.25, 0.3) is 6.23 Å². The normalized spacial score (nSPS) is 10.1. The lowest BCUT2D eigenvalue weighted by Crippen LogP contribution is -2.40. The second kappa shape index (κ2) is 49.6. The van der Waals surface area contributed by atoms with Crippen molar-refractivity contribution >= 4 is 0 Å². The Kier molecular flexibility index (Phi) is 43.7. The van der Waals surface area contributed by atoms with E-state index in [2.05, 4.69) is 251 Å². The van der Waals surface area contributed by atoms with Gasteiger partial charge in [-0.2, -0.15) is 9.13 Å². The Balaban J connectivity index is 0.000000525. The van der Waals surface area contributed by atoms with Gasteiger partial charge in [-0.3, -0.25) is 0 Å². The zero-order valence-electron chi connectivity index (χ0n) is 60.9. The summed E-state index contributed by atoms with van der Waals surface area (Å²) in [5.74, 6) is 0. The second-order valence-corrected chi connectivity index (χ2v) is 22.4. The van der Waals surface area contributed by atoms with Gasteiger partial charge in [0.2, 0.25) is 5.69 Å². The number of hydrogen-bond donors (Lipinski definition) is 0. The Morgan fingerprint density at radius 3 is 0.914 bits per heavy atom. The molecular weight excluding hydrogens is 1140 g/mol. The van der Waals surface area contributed by atoms with Crippen LogP contribution in [0.1, 0.15) is 126 Å². The van der Waals surface area contributed by atoms with E-state index in [0.717, 1.165) is 12.0 Å². The van der Waals surface area contributed by atoms with Crippen molar-refractivity contribution in [2.24, 2.45) is 28.2 Å². The monoisotopic (exact) mass is 1250 g/mol. The Bertz CT molecular complexity index is 3320. The third-order valence-electron chi connectivity index (χ3n) is 13.8. The SMILES string of the molecule is CC.CC.CCc1ccc(C)cc1.COC(C)c1ccc(C)cc1.COC(c1ccc(C)cc1)[n+]1ccccc1.Cc1cc[n+](C)cc1.Cc1cc[n+](C)cc1.Cc1ccc(-[n+]2ccccc2)cc1.Cc1ccc(C)cc1.Cc1ccc[n+](C)c1.Cc1ccc[n+](C)c1. The number of nitrogens with zero attached hydrogens (tertiary/aromatic N) is 6. The van der Waals surface area contributed by atoms with Crippen molar-refractivity contribution in [1.29, 1.82) is 0 Å². The zero-order valence-corrected chi connectivity index (χ0v) is 60.9. The molecule has 0 saturated carbocycles. The predicted octanol–water partition coefficient (Wildman–Crippen LogP) is 17.6. The van der Waals surface area contributed by atoms with Crippen molar-refractivity contribution < 1.29 is 36.9 Å². The molecule has 0 aliphatic rings. The molecule has 0 spiro atoms. The van der Waals surface area contributed by atoms with Gasteiger partial charge in [-0.1, -0.05) is 177 Å². The average Bonchev–Trinajstić information content (AvgIpc) is 1.53. The Morgan fingerprint density at radius 1 is 0.301 bits per heavy atom. The molecule has 0 bridgehead atoms. The smallest absolute Gasteiger partial charge is 0.289 e. The Labute approximate surface area is 564 Å². The number of aryl methyl sites for hydroxylation is 15. The first-order valence-electron chi connectivity index (χ1n) is 32.6. The van der Waals surface area contributed by atoms with E-state index in [1.165, 1.54) is 72.4 Å². The van der Waals surface area contributed by atoms with Gasteiger partial charge in [0.1, 0.15) is 28.2 Å². The molecule has 0 radical (unpaired) electrons. The molecule has 6 aromatic heterocycles. The lowest BCUT2D eigenvalue weighted by Gasteiger charge is -2.10. The highest BCUT2D eigenvalue weighted by Gasteiger charge is 2.19. The van der Waals surface area contributed by atoms with Crippen molar-refractivity contribution in [3.8, 4) is 5.69 Å². The van der Waals surface area contributed by atoms with Gasteiger partial charge in [0.15, 0.2) is 74.4 Å². The number of aromatic nitrogens is 6. The fraction of sp³-hybridized carbons (Fsp3) is 0.294. The van der Waals surface area contributed by atoms with Gasteiger partial charge in [0, 0.05) is 104 Å². The molecule has 0 aliphatic carbocycles. The number of methoxy groups -OCH3 is 2. The van der Waals surface area contributed by atoms with Crippen LogP contribution in [-0.2, 0) is 44.1 Å². The standard InChI is InChI=1S/C14H16NO.C12H12N.C10H14O.C9H12.C8H10.4C7H10N.2C2H6/c1-12-6-8-13(9-7-12)14(16-2)15-10-4-3-5-11-15;1-11-5-7-12(8-6-11)13-9-3-2-4-10-13;1-8-4-6-10(7-5-8)9(2)11-3;1-3-9-6-4-8(2)5-7-9;3*1-7-3-5-8(2)6-4-7;2*1-7-4-3-5-8(2)6-7;2*1-2/h3-11,14H,1-2H3;2-10H,1H3;4-7,9H,1-3H3;4-7H,3H2,1-2H3;5*3-6H,1-2H3;2*1-2H3/q2*+1;;;;4*+1;;. The molecule has 492 valence electrons. The van der Waals surface area contributed by atoms with E-state index in [-0.39, 0.29) is 12.3 Å². The number of benzene rings is 5. The molecule has 0 amide bonds. The summed E-state index contributed by atoms with van der Waals surface area (Å²) in [5.41, 5.74) is 18.1. The fourth-order valence-electron chi connectivity index (χ4n) is 8.08. The topological polar surface area (TPSA) is 41.7 Å². The highest BCUT2D eigenvalue weighted by Crippen LogP contribution is 2.16. The first-order chi connectivity index (χ1) is 44.7. The Hall–Kier alpha value is -9.08. The minimum absolute atomic E-state index is 0.0539. The summed E-state index contributed by atoms with van der Waals surface area (Å²) in [6.45, 7) is 33.1. The summed E-state index contributed by atoms with van der Waals surface area (Å²) in [6, 6.07) is 71.1. The highest BCUT2D eigenvalue weighted by atomic mass is 16.5. The molecule has 11 rings (SSSR count). The lowest BCUT2D eigenvalue weighted by atomic mass is 10.1. The average molecular weight is 1250 g/mol. The summed E-state index contributed by atoms with van der Waals surface area (Å²) in [7, 11) is 11.5. The third kappa shape index (κ3) is 38.4. The molecule has 8 nitrogen and oxygen atoms in total. The van der Waals surface area contributed by atoms with Crippen molar-refractivity contribution in [1.82, 2.24) is 0 Å². The minimum Gasteiger partial charge on any atom is -0.377 e. The third-order valence-corrected chi connectivity index (χ3v) is 13.8. The summed E-state index contributed by atoms with van der Waals surface area (Å²) >= 11 is 0. The molecular formula is C85H116N6O2+6. The summed E-state index contributed by atoms with van der Waals surface area (Å²) in [4.78, 5) is 0. The highest BCUT2D eigenvalue weighted by molar-refractivity contribution is 5.27. The summed E-state index contributed by atoms with van der Waals surface area (Å²) in [6.07, 6.45) is 25.8. The predicted molar refractivity (Wildman–Crippen MR) is 391 cm³/mol. The molecule has 8 heteroatoms. The van der Waals surface area contributed by atoms with Gasteiger partial charge >= 0.3 is 0 Å². The van der Waals surface area contributed by atoms with Gasteiger partial charge in [-0.25, -0.2) is 18.3 Å². The van der Waals surface area contributed by atoms with Crippen LogP contribution in [0.25, 0.3) is 5.69 Å². The summed E-state index contributed by atoms with van der Waals surface area (Å²) < 4.78 is 23.0. The van der Waals surface area contributed by atoms with E-state index in [0.29, 0.717) is 0 Å².